The Balaban J connectivity index is 1.78. The summed E-state index contributed by atoms with van der Waals surface area (Å²) in [7, 11) is 0. The van der Waals surface area contributed by atoms with Gasteiger partial charge in [-0.25, -0.2) is 4.98 Å². The summed E-state index contributed by atoms with van der Waals surface area (Å²) in [5, 5.41) is 0. The molecule has 3 rings (SSSR count). The van der Waals surface area contributed by atoms with Gasteiger partial charge in [0.15, 0.2) is 0 Å². The Morgan fingerprint density at radius 2 is 1.95 bits per heavy atom. The van der Waals surface area contributed by atoms with Crippen LogP contribution in [0.3, 0.4) is 0 Å². The van der Waals surface area contributed by atoms with E-state index in [2.05, 4.69) is 70.5 Å². The Hall–Kier alpha value is -0.870. The van der Waals surface area contributed by atoms with Gasteiger partial charge in [0.05, 0.1) is 10.4 Å². The van der Waals surface area contributed by atoms with E-state index < -0.39 is 0 Å². The summed E-state index contributed by atoms with van der Waals surface area (Å²) in [5.41, 5.74) is 2.77. The standard InChI is InChI=1S/C15H18N2S2/c1-13-2-4-14(5-3-13)10-15(18-8-9-19-15)11-17-7-6-16-12-17/h2-7,12H,8-11H2,1H3. The second-order valence-electron chi connectivity index (χ2n) is 5.00. The van der Waals surface area contributed by atoms with Crippen LogP contribution >= 0.6 is 23.5 Å². The Kier molecular flexibility index (Phi) is 3.89. The van der Waals surface area contributed by atoms with E-state index in [9.17, 15) is 0 Å². The predicted molar refractivity (Wildman–Crippen MR) is 84.8 cm³/mol. The molecular formula is C15H18N2S2. The summed E-state index contributed by atoms with van der Waals surface area (Å²) >= 11 is 4.20. The van der Waals surface area contributed by atoms with Crippen molar-refractivity contribution in [2.24, 2.45) is 0 Å². The molecule has 1 aliphatic rings. The number of aryl methyl sites for hydroxylation is 1. The van der Waals surface area contributed by atoms with Gasteiger partial charge in [0, 0.05) is 30.4 Å². The normalized spacial score (nSPS) is 17.7. The molecule has 1 fully saturated rings. The molecule has 0 aliphatic carbocycles. The predicted octanol–water partition coefficient (Wildman–Crippen LogP) is 3.61. The molecule has 0 radical (unpaired) electrons. The van der Waals surface area contributed by atoms with Crippen molar-refractivity contribution in [1.29, 1.82) is 0 Å². The molecule has 0 amide bonds. The van der Waals surface area contributed by atoms with E-state index in [0.717, 1.165) is 13.0 Å². The van der Waals surface area contributed by atoms with Crippen molar-refractivity contribution in [3.63, 3.8) is 0 Å². The summed E-state index contributed by atoms with van der Waals surface area (Å²) in [6.07, 6.45) is 6.98. The third-order valence-corrected chi connectivity index (χ3v) is 6.77. The van der Waals surface area contributed by atoms with Crippen LogP contribution in [0.15, 0.2) is 43.0 Å². The molecule has 1 aliphatic heterocycles. The average molecular weight is 290 g/mol. The fourth-order valence-corrected chi connectivity index (χ4v) is 5.68. The fourth-order valence-electron chi connectivity index (χ4n) is 2.42. The highest BCUT2D eigenvalue weighted by molar-refractivity contribution is 8.21. The Morgan fingerprint density at radius 3 is 2.58 bits per heavy atom. The van der Waals surface area contributed by atoms with Crippen molar-refractivity contribution in [1.82, 2.24) is 9.55 Å². The summed E-state index contributed by atoms with van der Waals surface area (Å²) in [5.74, 6) is 2.51. The summed E-state index contributed by atoms with van der Waals surface area (Å²) < 4.78 is 2.48. The average Bonchev–Trinajstić information content (AvgIpc) is 3.05. The molecule has 0 atom stereocenters. The van der Waals surface area contributed by atoms with Gasteiger partial charge >= 0.3 is 0 Å². The smallest absolute Gasteiger partial charge is 0.0946 e. The third-order valence-electron chi connectivity index (χ3n) is 3.39. The van der Waals surface area contributed by atoms with E-state index in [1.54, 1.807) is 0 Å². The number of hydrogen-bond donors (Lipinski definition) is 0. The number of rotatable bonds is 4. The lowest BCUT2D eigenvalue weighted by molar-refractivity contribution is 0.625. The first-order valence-electron chi connectivity index (χ1n) is 6.55. The van der Waals surface area contributed by atoms with Crippen LogP contribution in [0.5, 0.6) is 0 Å². The third kappa shape index (κ3) is 3.18. The number of aromatic nitrogens is 2. The lowest BCUT2D eigenvalue weighted by atomic mass is 10.1. The maximum Gasteiger partial charge on any atom is 0.0946 e. The first kappa shape index (κ1) is 13.1. The molecule has 0 unspecified atom stereocenters. The summed E-state index contributed by atoms with van der Waals surface area (Å²) in [4.78, 5) is 4.16. The lowest BCUT2D eigenvalue weighted by Crippen LogP contribution is -2.27. The van der Waals surface area contributed by atoms with Gasteiger partial charge in [-0.05, 0) is 18.9 Å². The minimum Gasteiger partial charge on any atom is -0.335 e. The maximum absolute atomic E-state index is 4.16. The van der Waals surface area contributed by atoms with E-state index in [1.165, 1.54) is 22.6 Å². The number of nitrogens with zero attached hydrogens (tertiary/aromatic N) is 2. The molecule has 1 aromatic heterocycles. The molecule has 0 saturated carbocycles. The van der Waals surface area contributed by atoms with Crippen LogP contribution in [0.2, 0.25) is 0 Å². The van der Waals surface area contributed by atoms with Crippen LogP contribution in [0.25, 0.3) is 0 Å². The zero-order chi connectivity index (χ0) is 13.1. The van der Waals surface area contributed by atoms with Crippen LogP contribution in [-0.4, -0.2) is 25.1 Å². The SMILES string of the molecule is Cc1ccc(CC2(Cn3ccnc3)SCCS2)cc1. The molecule has 4 heteroatoms. The first-order valence-corrected chi connectivity index (χ1v) is 8.52. The molecule has 2 nitrogen and oxygen atoms in total. The molecular weight excluding hydrogens is 272 g/mol. The molecule has 2 aromatic rings. The highest BCUT2D eigenvalue weighted by Crippen LogP contribution is 2.47. The Labute approximate surface area is 123 Å². The zero-order valence-electron chi connectivity index (χ0n) is 11.1. The number of benzene rings is 1. The van der Waals surface area contributed by atoms with Crippen molar-refractivity contribution in [3.05, 3.63) is 54.1 Å². The maximum atomic E-state index is 4.16. The van der Waals surface area contributed by atoms with E-state index in [-0.39, 0.29) is 4.08 Å². The molecule has 2 heterocycles. The van der Waals surface area contributed by atoms with Gasteiger partial charge in [0.25, 0.3) is 0 Å². The van der Waals surface area contributed by atoms with Crippen molar-refractivity contribution < 1.29 is 0 Å². The Morgan fingerprint density at radius 1 is 1.21 bits per heavy atom. The zero-order valence-corrected chi connectivity index (χ0v) is 12.7. The van der Waals surface area contributed by atoms with Gasteiger partial charge in [0.2, 0.25) is 0 Å². The molecule has 19 heavy (non-hydrogen) atoms. The fraction of sp³-hybridized carbons (Fsp3) is 0.400. The van der Waals surface area contributed by atoms with Gasteiger partial charge in [0.1, 0.15) is 0 Å². The van der Waals surface area contributed by atoms with Gasteiger partial charge in [-0.1, -0.05) is 29.8 Å². The van der Waals surface area contributed by atoms with Crippen LogP contribution in [0.4, 0.5) is 0 Å². The van der Waals surface area contributed by atoms with E-state index in [1.807, 2.05) is 12.5 Å². The summed E-state index contributed by atoms with van der Waals surface area (Å²) in [6.45, 7) is 3.18. The minimum absolute atomic E-state index is 0.274. The van der Waals surface area contributed by atoms with Crippen molar-refractivity contribution in [2.75, 3.05) is 11.5 Å². The van der Waals surface area contributed by atoms with Crippen molar-refractivity contribution in [3.8, 4) is 0 Å². The molecule has 0 N–H and O–H groups in total. The summed E-state index contributed by atoms with van der Waals surface area (Å²) in [6, 6.07) is 8.96. The van der Waals surface area contributed by atoms with Crippen LogP contribution in [-0.2, 0) is 13.0 Å². The van der Waals surface area contributed by atoms with Crippen molar-refractivity contribution in [2.45, 2.75) is 24.0 Å². The number of hydrogen-bond acceptors (Lipinski definition) is 3. The molecule has 0 bridgehead atoms. The van der Waals surface area contributed by atoms with Gasteiger partial charge in [-0.15, -0.1) is 23.5 Å². The highest BCUT2D eigenvalue weighted by Gasteiger charge is 2.36. The molecule has 1 aromatic carbocycles. The molecule has 1 saturated heterocycles. The monoisotopic (exact) mass is 290 g/mol. The second kappa shape index (κ2) is 5.63. The van der Waals surface area contributed by atoms with Crippen molar-refractivity contribution >= 4 is 23.5 Å². The molecule has 0 spiro atoms. The van der Waals surface area contributed by atoms with E-state index in [0.29, 0.717) is 0 Å². The van der Waals surface area contributed by atoms with E-state index >= 15 is 0 Å². The molecule has 100 valence electrons. The van der Waals surface area contributed by atoms with Gasteiger partial charge < -0.3 is 4.57 Å². The van der Waals surface area contributed by atoms with E-state index in [4.69, 9.17) is 0 Å². The Bertz CT molecular complexity index is 514. The quantitative estimate of drug-likeness (QED) is 0.856. The lowest BCUT2D eigenvalue weighted by Gasteiger charge is -2.28. The number of imidazole rings is 1. The van der Waals surface area contributed by atoms with Gasteiger partial charge in [-0.2, -0.15) is 0 Å². The van der Waals surface area contributed by atoms with Crippen LogP contribution in [0.1, 0.15) is 11.1 Å². The highest BCUT2D eigenvalue weighted by atomic mass is 32.2. The van der Waals surface area contributed by atoms with Crippen LogP contribution in [0, 0.1) is 6.92 Å². The number of thioether (sulfide) groups is 2. The topological polar surface area (TPSA) is 17.8 Å². The van der Waals surface area contributed by atoms with Crippen LogP contribution < -0.4 is 0 Å². The minimum atomic E-state index is 0.274. The van der Waals surface area contributed by atoms with Gasteiger partial charge in [-0.3, -0.25) is 0 Å². The second-order valence-corrected chi connectivity index (χ2v) is 8.22. The largest absolute Gasteiger partial charge is 0.335 e. The first-order chi connectivity index (χ1) is 9.26.